The number of hydrogen-bond donors (Lipinski definition) is 2. The molecule has 0 unspecified atom stereocenters. The van der Waals surface area contributed by atoms with Crippen molar-refractivity contribution in [3.05, 3.63) is 53.8 Å². The molecule has 3 N–H and O–H groups in total. The summed E-state index contributed by atoms with van der Waals surface area (Å²) in [5, 5.41) is 3.11. The molecule has 0 aliphatic carbocycles. The van der Waals surface area contributed by atoms with Gasteiger partial charge in [-0.2, -0.15) is 0 Å². The van der Waals surface area contributed by atoms with Crippen molar-refractivity contribution in [1.29, 1.82) is 0 Å². The predicted octanol–water partition coefficient (Wildman–Crippen LogP) is 3.99. The SMILES string of the molecule is CCCOc1ccc(Nc2ccc(C(N)=S)c(F)c2)cc1. The second-order valence-corrected chi connectivity index (χ2v) is 5.00. The smallest absolute Gasteiger partial charge is 0.135 e. The van der Waals surface area contributed by atoms with E-state index in [1.807, 2.05) is 24.3 Å². The van der Waals surface area contributed by atoms with E-state index in [0.29, 0.717) is 12.3 Å². The second kappa shape index (κ2) is 7.04. The molecule has 0 aliphatic rings. The van der Waals surface area contributed by atoms with Crippen LogP contribution in [-0.2, 0) is 0 Å². The number of halogens is 1. The maximum absolute atomic E-state index is 13.8. The van der Waals surface area contributed by atoms with Gasteiger partial charge in [-0.3, -0.25) is 0 Å². The number of benzene rings is 2. The summed E-state index contributed by atoms with van der Waals surface area (Å²) < 4.78 is 19.3. The number of anilines is 2. The molecule has 110 valence electrons. The highest BCUT2D eigenvalue weighted by molar-refractivity contribution is 7.80. The van der Waals surface area contributed by atoms with Gasteiger partial charge in [0.25, 0.3) is 0 Å². The van der Waals surface area contributed by atoms with Crippen molar-refractivity contribution in [2.24, 2.45) is 5.73 Å². The van der Waals surface area contributed by atoms with E-state index in [-0.39, 0.29) is 10.6 Å². The van der Waals surface area contributed by atoms with Crippen molar-refractivity contribution < 1.29 is 9.13 Å². The van der Waals surface area contributed by atoms with Gasteiger partial charge in [0.15, 0.2) is 0 Å². The molecule has 2 aromatic rings. The standard InChI is InChI=1S/C16H17FN2OS/c1-2-9-20-13-6-3-11(4-7-13)19-12-5-8-14(16(18)21)15(17)10-12/h3-8,10,19H,2,9H2,1H3,(H2,18,21). The number of rotatable bonds is 6. The molecule has 2 aromatic carbocycles. The molecule has 0 spiro atoms. The zero-order valence-corrected chi connectivity index (χ0v) is 12.5. The first-order valence-electron chi connectivity index (χ1n) is 6.69. The van der Waals surface area contributed by atoms with Crippen molar-refractivity contribution in [2.75, 3.05) is 11.9 Å². The van der Waals surface area contributed by atoms with Crippen LogP contribution in [0.3, 0.4) is 0 Å². The Bertz CT molecular complexity index is 629. The Kier molecular flexibility index (Phi) is 5.11. The van der Waals surface area contributed by atoms with Gasteiger partial charge in [0.2, 0.25) is 0 Å². The zero-order valence-electron chi connectivity index (χ0n) is 11.7. The third kappa shape index (κ3) is 4.16. The van der Waals surface area contributed by atoms with Crippen LogP contribution in [0.15, 0.2) is 42.5 Å². The molecule has 0 atom stereocenters. The van der Waals surface area contributed by atoms with E-state index in [1.165, 1.54) is 6.07 Å². The molecule has 0 fully saturated rings. The van der Waals surface area contributed by atoms with Crippen molar-refractivity contribution in [3.8, 4) is 5.75 Å². The van der Waals surface area contributed by atoms with Crippen LogP contribution in [0.4, 0.5) is 15.8 Å². The van der Waals surface area contributed by atoms with Crippen LogP contribution >= 0.6 is 12.2 Å². The molecule has 5 heteroatoms. The molecule has 0 radical (unpaired) electrons. The first kappa shape index (κ1) is 15.3. The number of thiocarbonyl (C=S) groups is 1. The molecule has 0 saturated carbocycles. The Hall–Kier alpha value is -2.14. The molecule has 2 rings (SSSR count). The number of nitrogens with two attached hydrogens (primary N) is 1. The lowest BCUT2D eigenvalue weighted by Crippen LogP contribution is -2.11. The molecule has 0 bridgehead atoms. The van der Waals surface area contributed by atoms with E-state index in [2.05, 4.69) is 12.2 Å². The van der Waals surface area contributed by atoms with Gasteiger partial charge in [-0.1, -0.05) is 19.1 Å². The van der Waals surface area contributed by atoms with Crippen LogP contribution in [0, 0.1) is 5.82 Å². The van der Waals surface area contributed by atoms with Crippen LogP contribution in [0.2, 0.25) is 0 Å². The minimum Gasteiger partial charge on any atom is -0.494 e. The molecule has 0 amide bonds. The zero-order chi connectivity index (χ0) is 15.2. The van der Waals surface area contributed by atoms with E-state index in [4.69, 9.17) is 22.7 Å². The Morgan fingerprint density at radius 2 is 1.86 bits per heavy atom. The molecule has 0 heterocycles. The molecule has 0 aromatic heterocycles. The number of nitrogens with one attached hydrogen (secondary N) is 1. The summed E-state index contributed by atoms with van der Waals surface area (Å²) in [5.41, 5.74) is 7.16. The van der Waals surface area contributed by atoms with Crippen molar-refractivity contribution in [2.45, 2.75) is 13.3 Å². The fourth-order valence-electron chi connectivity index (χ4n) is 1.81. The highest BCUT2D eigenvalue weighted by Crippen LogP contribution is 2.22. The largest absolute Gasteiger partial charge is 0.494 e. The van der Waals surface area contributed by atoms with Gasteiger partial charge in [0.1, 0.15) is 16.6 Å². The van der Waals surface area contributed by atoms with Crippen molar-refractivity contribution in [3.63, 3.8) is 0 Å². The molecular formula is C16H17FN2OS. The third-order valence-electron chi connectivity index (χ3n) is 2.85. The lowest BCUT2D eigenvalue weighted by Gasteiger charge is -2.10. The van der Waals surface area contributed by atoms with Gasteiger partial charge in [0, 0.05) is 16.9 Å². The summed E-state index contributed by atoms with van der Waals surface area (Å²) in [7, 11) is 0. The lowest BCUT2D eigenvalue weighted by atomic mass is 10.2. The maximum Gasteiger partial charge on any atom is 0.135 e. The minimum atomic E-state index is -0.435. The topological polar surface area (TPSA) is 47.3 Å². The second-order valence-electron chi connectivity index (χ2n) is 4.56. The van der Waals surface area contributed by atoms with Crippen LogP contribution < -0.4 is 15.8 Å². The Balaban J connectivity index is 2.07. The number of hydrogen-bond acceptors (Lipinski definition) is 3. The van der Waals surface area contributed by atoms with Crippen LogP contribution in [0.1, 0.15) is 18.9 Å². The summed E-state index contributed by atoms with van der Waals surface area (Å²) in [6, 6.07) is 12.2. The van der Waals surface area contributed by atoms with Gasteiger partial charge in [-0.05, 0) is 48.9 Å². The molecular weight excluding hydrogens is 287 g/mol. The van der Waals surface area contributed by atoms with Crippen LogP contribution in [0.25, 0.3) is 0 Å². The lowest BCUT2D eigenvalue weighted by molar-refractivity contribution is 0.317. The molecule has 21 heavy (non-hydrogen) atoms. The van der Waals surface area contributed by atoms with Crippen molar-refractivity contribution >= 4 is 28.6 Å². The highest BCUT2D eigenvalue weighted by Gasteiger charge is 2.06. The fraction of sp³-hybridized carbons (Fsp3) is 0.188. The van der Waals surface area contributed by atoms with E-state index in [9.17, 15) is 4.39 Å². The molecule has 0 aliphatic heterocycles. The molecule has 3 nitrogen and oxygen atoms in total. The van der Waals surface area contributed by atoms with Gasteiger partial charge < -0.3 is 15.8 Å². The summed E-state index contributed by atoms with van der Waals surface area (Å²) >= 11 is 4.78. The monoisotopic (exact) mass is 304 g/mol. The minimum absolute atomic E-state index is 0.0523. The van der Waals surface area contributed by atoms with Gasteiger partial charge >= 0.3 is 0 Å². The average molecular weight is 304 g/mol. The highest BCUT2D eigenvalue weighted by atomic mass is 32.1. The maximum atomic E-state index is 13.8. The summed E-state index contributed by atoms with van der Waals surface area (Å²) in [4.78, 5) is 0.0523. The first-order valence-corrected chi connectivity index (χ1v) is 7.10. The average Bonchev–Trinajstić information content (AvgIpc) is 2.46. The summed E-state index contributed by atoms with van der Waals surface area (Å²) in [5.74, 6) is 0.382. The van der Waals surface area contributed by atoms with E-state index in [1.54, 1.807) is 12.1 Å². The Morgan fingerprint density at radius 3 is 2.43 bits per heavy atom. The van der Waals surface area contributed by atoms with E-state index in [0.717, 1.165) is 17.9 Å². The summed E-state index contributed by atoms with van der Waals surface area (Å²) in [6.45, 7) is 2.75. The van der Waals surface area contributed by atoms with E-state index >= 15 is 0 Å². The normalized spacial score (nSPS) is 10.2. The van der Waals surface area contributed by atoms with Gasteiger partial charge in [-0.15, -0.1) is 0 Å². The summed E-state index contributed by atoms with van der Waals surface area (Å²) in [6.07, 6.45) is 0.967. The third-order valence-corrected chi connectivity index (χ3v) is 3.07. The van der Waals surface area contributed by atoms with Gasteiger partial charge in [0.05, 0.1) is 6.61 Å². The van der Waals surface area contributed by atoms with Crippen LogP contribution in [0.5, 0.6) is 5.75 Å². The first-order chi connectivity index (χ1) is 10.1. The van der Waals surface area contributed by atoms with Crippen molar-refractivity contribution in [1.82, 2.24) is 0 Å². The quantitative estimate of drug-likeness (QED) is 0.792. The fourth-order valence-corrected chi connectivity index (χ4v) is 1.98. The van der Waals surface area contributed by atoms with Gasteiger partial charge in [-0.25, -0.2) is 4.39 Å². The molecule has 0 saturated heterocycles. The number of ether oxygens (including phenoxy) is 1. The Morgan fingerprint density at radius 1 is 1.19 bits per heavy atom. The predicted molar refractivity (Wildman–Crippen MR) is 87.8 cm³/mol. The van der Waals surface area contributed by atoms with Crippen LogP contribution in [-0.4, -0.2) is 11.6 Å². The Labute approximate surface area is 128 Å². The van der Waals surface area contributed by atoms with E-state index < -0.39 is 5.82 Å².